The number of hydrazine groups is 1. The van der Waals surface area contributed by atoms with Gasteiger partial charge in [0.05, 0.1) is 30.8 Å². The van der Waals surface area contributed by atoms with E-state index < -0.39 is 11.7 Å². The van der Waals surface area contributed by atoms with Gasteiger partial charge in [-0.25, -0.2) is 0 Å². The van der Waals surface area contributed by atoms with E-state index in [1.54, 1.807) is 18.0 Å². The average Bonchev–Trinajstić information content (AvgIpc) is 2.96. The van der Waals surface area contributed by atoms with Crippen molar-refractivity contribution in [3.05, 3.63) is 29.8 Å². The summed E-state index contributed by atoms with van der Waals surface area (Å²) in [7, 11) is 0. The number of alkyl halides is 3. The van der Waals surface area contributed by atoms with Gasteiger partial charge in [-0.05, 0) is 25.1 Å². The fraction of sp³-hybridized carbons (Fsp3) is 0.467. The lowest BCUT2D eigenvalue weighted by Gasteiger charge is -2.19. The van der Waals surface area contributed by atoms with Crippen molar-refractivity contribution in [1.82, 2.24) is 5.43 Å². The van der Waals surface area contributed by atoms with Crippen LogP contribution in [-0.2, 0) is 15.7 Å². The van der Waals surface area contributed by atoms with Crippen LogP contribution in [0.15, 0.2) is 29.3 Å². The van der Waals surface area contributed by atoms with Crippen LogP contribution in [0.4, 0.5) is 18.9 Å². The van der Waals surface area contributed by atoms with Gasteiger partial charge in [-0.2, -0.15) is 13.2 Å². The number of hydrogen-bond donors (Lipinski definition) is 1. The minimum atomic E-state index is -4.37. The molecule has 1 aromatic rings. The first-order valence-corrected chi connectivity index (χ1v) is 7.30. The van der Waals surface area contributed by atoms with Gasteiger partial charge in [0.15, 0.2) is 0 Å². The Balaban J connectivity index is 1.94. The Morgan fingerprint density at radius 2 is 2.22 bits per heavy atom. The molecular weight excluding hydrogens is 311 g/mol. The third kappa shape index (κ3) is 4.87. The minimum absolute atomic E-state index is 0.183. The number of esters is 1. The summed E-state index contributed by atoms with van der Waals surface area (Å²) in [5.41, 5.74) is 2.69. The van der Waals surface area contributed by atoms with Crippen molar-refractivity contribution in [2.45, 2.75) is 25.9 Å². The minimum Gasteiger partial charge on any atom is -0.466 e. The quantitative estimate of drug-likeness (QED) is 0.844. The predicted octanol–water partition coefficient (Wildman–Crippen LogP) is 2.77. The third-order valence-corrected chi connectivity index (χ3v) is 3.25. The zero-order chi connectivity index (χ0) is 16.9. The van der Waals surface area contributed by atoms with Crippen molar-refractivity contribution in [2.24, 2.45) is 4.99 Å². The van der Waals surface area contributed by atoms with Gasteiger partial charge in [-0.15, -0.1) is 0 Å². The summed E-state index contributed by atoms with van der Waals surface area (Å²) in [6.07, 6.45) is -3.60. The summed E-state index contributed by atoms with van der Waals surface area (Å²) in [5, 5.41) is 1.61. The molecule has 2 rings (SSSR count). The first-order valence-electron chi connectivity index (χ1n) is 7.30. The smallest absolute Gasteiger partial charge is 0.416 e. The number of anilines is 1. The molecule has 23 heavy (non-hydrogen) atoms. The Labute approximate surface area is 132 Å². The summed E-state index contributed by atoms with van der Waals surface area (Å²) in [6, 6.07) is 5.10. The summed E-state index contributed by atoms with van der Waals surface area (Å²) in [5.74, 6) is 0.330. The highest BCUT2D eigenvalue weighted by atomic mass is 19.4. The molecule has 126 valence electrons. The molecule has 1 aromatic carbocycles. The molecule has 1 fully saturated rings. The van der Waals surface area contributed by atoms with E-state index in [0.717, 1.165) is 12.1 Å². The van der Waals surface area contributed by atoms with Crippen LogP contribution in [0, 0.1) is 0 Å². The molecule has 0 saturated carbocycles. The van der Waals surface area contributed by atoms with Crippen molar-refractivity contribution >= 4 is 17.5 Å². The van der Waals surface area contributed by atoms with E-state index in [2.05, 4.69) is 10.4 Å². The lowest BCUT2D eigenvalue weighted by Crippen LogP contribution is -2.33. The van der Waals surface area contributed by atoms with Gasteiger partial charge in [0.2, 0.25) is 0 Å². The van der Waals surface area contributed by atoms with Crippen LogP contribution < -0.4 is 10.4 Å². The van der Waals surface area contributed by atoms with Gasteiger partial charge in [-0.3, -0.25) is 20.2 Å². The number of amidine groups is 1. The van der Waals surface area contributed by atoms with Crippen LogP contribution >= 0.6 is 0 Å². The zero-order valence-corrected chi connectivity index (χ0v) is 12.7. The maximum absolute atomic E-state index is 12.7. The molecule has 1 N–H and O–H groups in total. The molecule has 0 atom stereocenters. The number of aliphatic imine (C=N–C) groups is 1. The highest BCUT2D eigenvalue weighted by Gasteiger charge is 2.31. The number of nitrogens with zero attached hydrogens (tertiary/aromatic N) is 2. The zero-order valence-electron chi connectivity index (χ0n) is 12.7. The first kappa shape index (κ1) is 17.1. The van der Waals surface area contributed by atoms with Gasteiger partial charge >= 0.3 is 12.1 Å². The molecule has 1 heterocycles. The molecule has 8 heteroatoms. The number of halogens is 3. The molecule has 0 amide bonds. The molecule has 0 radical (unpaired) electrons. The standard InChI is InChI=1S/C15H18F3N3O2/c1-2-23-14(22)6-8-19-13-7-9-21(20-13)12-5-3-4-11(10-12)15(16,17)18/h3-5,10H,2,6-9H2,1H3,(H,19,20). The summed E-state index contributed by atoms with van der Waals surface area (Å²) in [4.78, 5) is 15.4. The number of carbonyl (C=O) groups excluding carboxylic acids is 1. The molecule has 0 bridgehead atoms. The lowest BCUT2D eigenvalue weighted by atomic mass is 10.2. The SMILES string of the molecule is CCOC(=O)CCN=C1CCN(c2cccc(C(F)(F)F)c2)N1. The second-order valence-corrected chi connectivity index (χ2v) is 4.94. The number of benzene rings is 1. The van der Waals surface area contributed by atoms with Gasteiger partial charge in [0.1, 0.15) is 5.84 Å². The maximum Gasteiger partial charge on any atom is 0.416 e. The Kier molecular flexibility index (Phi) is 5.46. The monoisotopic (exact) mass is 329 g/mol. The van der Waals surface area contributed by atoms with Gasteiger partial charge < -0.3 is 4.74 Å². The topological polar surface area (TPSA) is 53.9 Å². The fourth-order valence-electron chi connectivity index (χ4n) is 2.16. The number of ether oxygens (including phenoxy) is 1. The summed E-state index contributed by atoms with van der Waals surface area (Å²) < 4.78 is 43.0. The van der Waals surface area contributed by atoms with E-state index in [1.807, 2.05) is 0 Å². The lowest BCUT2D eigenvalue weighted by molar-refractivity contribution is -0.142. The second kappa shape index (κ2) is 7.34. The highest BCUT2D eigenvalue weighted by Crippen LogP contribution is 2.31. The first-order chi connectivity index (χ1) is 10.9. The normalized spacial score (nSPS) is 16.5. The fourth-order valence-corrected chi connectivity index (χ4v) is 2.16. The van der Waals surface area contributed by atoms with E-state index in [0.29, 0.717) is 31.1 Å². The van der Waals surface area contributed by atoms with Crippen LogP contribution in [0.25, 0.3) is 0 Å². The van der Waals surface area contributed by atoms with Crippen LogP contribution in [0.3, 0.4) is 0 Å². The molecule has 5 nitrogen and oxygen atoms in total. The van der Waals surface area contributed by atoms with E-state index >= 15 is 0 Å². The van der Waals surface area contributed by atoms with Crippen molar-refractivity contribution < 1.29 is 22.7 Å². The van der Waals surface area contributed by atoms with E-state index in [4.69, 9.17) is 4.74 Å². The molecule has 0 aromatic heterocycles. The second-order valence-electron chi connectivity index (χ2n) is 4.94. The summed E-state index contributed by atoms with van der Waals surface area (Å²) >= 11 is 0. The Bertz CT molecular complexity index is 588. The number of nitrogens with one attached hydrogen (secondary N) is 1. The Morgan fingerprint density at radius 1 is 1.43 bits per heavy atom. The molecule has 1 aliphatic heterocycles. The molecular formula is C15H18F3N3O2. The molecule has 0 spiro atoms. The highest BCUT2D eigenvalue weighted by molar-refractivity contribution is 5.87. The van der Waals surface area contributed by atoms with E-state index in [9.17, 15) is 18.0 Å². The van der Waals surface area contributed by atoms with Crippen molar-refractivity contribution in [3.8, 4) is 0 Å². The van der Waals surface area contributed by atoms with Gasteiger partial charge in [0, 0.05) is 13.0 Å². The summed E-state index contributed by atoms with van der Waals surface area (Å²) in [6.45, 7) is 2.86. The van der Waals surface area contributed by atoms with Gasteiger partial charge in [0.25, 0.3) is 0 Å². The van der Waals surface area contributed by atoms with Crippen LogP contribution in [0.5, 0.6) is 0 Å². The molecule has 0 aliphatic carbocycles. The maximum atomic E-state index is 12.7. The molecule has 1 saturated heterocycles. The van der Waals surface area contributed by atoms with Crippen LogP contribution in [0.2, 0.25) is 0 Å². The Morgan fingerprint density at radius 3 is 2.91 bits per heavy atom. The number of hydrogen-bond acceptors (Lipinski definition) is 4. The number of carbonyl (C=O) groups is 1. The van der Waals surface area contributed by atoms with Crippen molar-refractivity contribution in [3.63, 3.8) is 0 Å². The number of rotatable bonds is 5. The molecule has 1 aliphatic rings. The van der Waals surface area contributed by atoms with E-state index in [1.165, 1.54) is 6.07 Å². The average molecular weight is 329 g/mol. The van der Waals surface area contributed by atoms with Crippen LogP contribution in [-0.4, -0.2) is 31.5 Å². The van der Waals surface area contributed by atoms with Gasteiger partial charge in [-0.1, -0.05) is 6.07 Å². The van der Waals surface area contributed by atoms with Crippen molar-refractivity contribution in [1.29, 1.82) is 0 Å². The van der Waals surface area contributed by atoms with E-state index in [-0.39, 0.29) is 18.9 Å². The van der Waals surface area contributed by atoms with Crippen LogP contribution in [0.1, 0.15) is 25.3 Å². The molecule has 0 unspecified atom stereocenters. The predicted molar refractivity (Wildman–Crippen MR) is 80.1 cm³/mol. The van der Waals surface area contributed by atoms with Crippen molar-refractivity contribution in [2.75, 3.05) is 24.7 Å². The largest absolute Gasteiger partial charge is 0.466 e. The third-order valence-electron chi connectivity index (χ3n) is 3.25. The Hall–Kier alpha value is -2.25.